The van der Waals surface area contributed by atoms with E-state index in [1.165, 1.54) is 4.31 Å². The molecule has 1 aromatic rings. The van der Waals surface area contributed by atoms with Crippen LogP contribution in [0.1, 0.15) is 25.8 Å². The average molecular weight is 312 g/mol. The molecule has 0 radical (unpaired) electrons. The molecule has 1 aromatic carbocycles. The van der Waals surface area contributed by atoms with E-state index >= 15 is 0 Å². The normalized spacial score (nSPS) is 24.1. The van der Waals surface area contributed by atoms with Gasteiger partial charge in [0.2, 0.25) is 10.0 Å². The molecule has 0 amide bonds. The van der Waals surface area contributed by atoms with Gasteiger partial charge in [-0.1, -0.05) is 19.9 Å². The summed E-state index contributed by atoms with van der Waals surface area (Å²) >= 11 is 0. The van der Waals surface area contributed by atoms with Crippen molar-refractivity contribution in [1.82, 2.24) is 4.31 Å². The summed E-state index contributed by atoms with van der Waals surface area (Å²) in [6.45, 7) is 5.01. The molecule has 1 saturated heterocycles. The fourth-order valence-corrected chi connectivity index (χ4v) is 4.24. The lowest BCUT2D eigenvalue weighted by atomic mass is 9.97. The van der Waals surface area contributed by atoms with Crippen LogP contribution in [0.4, 0.5) is 5.69 Å². The lowest BCUT2D eigenvalue weighted by Gasteiger charge is -2.35. The van der Waals surface area contributed by atoms with Gasteiger partial charge < -0.3 is 10.5 Å². The SMILES string of the molecule is CCc1ccc(S(=O)(=O)N2CCC(C)C(OC)C2)cc1N. The molecular weight excluding hydrogens is 288 g/mol. The smallest absolute Gasteiger partial charge is 0.243 e. The Bertz CT molecular complexity index is 601. The van der Waals surface area contributed by atoms with Crippen molar-refractivity contribution in [3.05, 3.63) is 23.8 Å². The average Bonchev–Trinajstić information content (AvgIpc) is 2.47. The number of methoxy groups -OCH3 is 1. The van der Waals surface area contributed by atoms with Gasteiger partial charge in [-0.05, 0) is 36.5 Å². The maximum absolute atomic E-state index is 12.7. The number of sulfonamides is 1. The predicted molar refractivity (Wildman–Crippen MR) is 83.6 cm³/mol. The van der Waals surface area contributed by atoms with Gasteiger partial charge >= 0.3 is 0 Å². The van der Waals surface area contributed by atoms with Gasteiger partial charge in [0.1, 0.15) is 0 Å². The fourth-order valence-electron chi connectivity index (χ4n) is 2.74. The number of nitrogens with zero attached hydrogens (tertiary/aromatic N) is 1. The number of nitrogens with two attached hydrogens (primary N) is 1. The van der Waals surface area contributed by atoms with E-state index in [1.54, 1.807) is 25.3 Å². The van der Waals surface area contributed by atoms with Crippen LogP contribution in [-0.4, -0.2) is 39.0 Å². The van der Waals surface area contributed by atoms with Gasteiger partial charge in [-0.2, -0.15) is 4.31 Å². The van der Waals surface area contributed by atoms with Crippen molar-refractivity contribution in [2.45, 2.75) is 37.7 Å². The molecule has 6 heteroatoms. The zero-order valence-corrected chi connectivity index (χ0v) is 13.7. The molecule has 118 valence electrons. The molecule has 1 aliphatic rings. The quantitative estimate of drug-likeness (QED) is 0.862. The summed E-state index contributed by atoms with van der Waals surface area (Å²) in [4.78, 5) is 0.265. The Morgan fingerprint density at radius 1 is 1.43 bits per heavy atom. The fraction of sp³-hybridized carbons (Fsp3) is 0.600. The number of aryl methyl sites for hydroxylation is 1. The number of benzene rings is 1. The van der Waals surface area contributed by atoms with Gasteiger partial charge in [-0.3, -0.25) is 0 Å². The first-order valence-corrected chi connectivity index (χ1v) is 8.75. The molecule has 1 heterocycles. The van der Waals surface area contributed by atoms with Crippen LogP contribution in [0.15, 0.2) is 23.1 Å². The van der Waals surface area contributed by atoms with E-state index in [0.717, 1.165) is 18.4 Å². The van der Waals surface area contributed by atoms with Crippen LogP contribution in [0.2, 0.25) is 0 Å². The first kappa shape index (κ1) is 16.3. The van der Waals surface area contributed by atoms with Crippen LogP contribution >= 0.6 is 0 Å². The van der Waals surface area contributed by atoms with Crippen molar-refractivity contribution in [1.29, 1.82) is 0 Å². The number of hydrogen-bond donors (Lipinski definition) is 1. The maximum atomic E-state index is 12.7. The molecule has 0 aromatic heterocycles. The summed E-state index contributed by atoms with van der Waals surface area (Å²) in [5.74, 6) is 0.369. The maximum Gasteiger partial charge on any atom is 0.243 e. The zero-order valence-electron chi connectivity index (χ0n) is 12.9. The van der Waals surface area contributed by atoms with E-state index in [2.05, 4.69) is 6.92 Å². The monoisotopic (exact) mass is 312 g/mol. The number of piperidine rings is 1. The highest BCUT2D eigenvalue weighted by Gasteiger charge is 2.33. The lowest BCUT2D eigenvalue weighted by Crippen LogP contribution is -2.46. The molecule has 21 heavy (non-hydrogen) atoms. The summed E-state index contributed by atoms with van der Waals surface area (Å²) in [6, 6.07) is 5.00. The molecule has 1 aliphatic heterocycles. The number of anilines is 1. The Labute approximate surface area is 127 Å². The molecule has 0 bridgehead atoms. The number of ether oxygens (including phenoxy) is 1. The van der Waals surface area contributed by atoms with Crippen LogP contribution in [0.5, 0.6) is 0 Å². The van der Waals surface area contributed by atoms with Crippen LogP contribution < -0.4 is 5.73 Å². The lowest BCUT2D eigenvalue weighted by molar-refractivity contribution is 0.0184. The molecule has 5 nitrogen and oxygen atoms in total. The summed E-state index contributed by atoms with van der Waals surface area (Å²) in [7, 11) is -1.87. The van der Waals surface area contributed by atoms with Crippen molar-refractivity contribution in [2.75, 3.05) is 25.9 Å². The summed E-state index contributed by atoms with van der Waals surface area (Å²) in [6.07, 6.45) is 1.54. The Balaban J connectivity index is 2.27. The number of rotatable bonds is 4. The van der Waals surface area contributed by atoms with Gasteiger partial charge in [0.25, 0.3) is 0 Å². The third-order valence-corrected chi connectivity index (χ3v) is 6.15. The van der Waals surface area contributed by atoms with E-state index < -0.39 is 10.0 Å². The first-order chi connectivity index (χ1) is 9.90. The molecule has 0 aliphatic carbocycles. The van der Waals surface area contributed by atoms with Crippen molar-refractivity contribution >= 4 is 15.7 Å². The van der Waals surface area contributed by atoms with Crippen molar-refractivity contribution in [3.63, 3.8) is 0 Å². The molecule has 1 fully saturated rings. The second-order valence-electron chi connectivity index (χ2n) is 5.62. The van der Waals surface area contributed by atoms with E-state index in [9.17, 15) is 8.42 Å². The molecule has 2 rings (SSSR count). The Kier molecular flexibility index (Phi) is 4.91. The van der Waals surface area contributed by atoms with E-state index in [0.29, 0.717) is 24.7 Å². The largest absolute Gasteiger partial charge is 0.398 e. The van der Waals surface area contributed by atoms with Crippen molar-refractivity contribution < 1.29 is 13.2 Å². The molecule has 0 spiro atoms. The molecule has 2 N–H and O–H groups in total. The minimum absolute atomic E-state index is 0.0548. The second-order valence-corrected chi connectivity index (χ2v) is 7.56. The van der Waals surface area contributed by atoms with Gasteiger partial charge in [0.05, 0.1) is 11.0 Å². The topological polar surface area (TPSA) is 72.6 Å². The Morgan fingerprint density at radius 3 is 2.71 bits per heavy atom. The molecule has 2 atom stereocenters. The second kappa shape index (κ2) is 6.34. The van der Waals surface area contributed by atoms with Gasteiger partial charge in [-0.15, -0.1) is 0 Å². The minimum Gasteiger partial charge on any atom is -0.398 e. The summed E-state index contributed by atoms with van der Waals surface area (Å²) in [5, 5.41) is 0. The third kappa shape index (κ3) is 3.22. The Hall–Kier alpha value is -1.11. The van der Waals surface area contributed by atoms with Gasteiger partial charge in [0, 0.05) is 25.9 Å². The molecule has 0 saturated carbocycles. The van der Waals surface area contributed by atoms with Crippen LogP contribution in [0, 0.1) is 5.92 Å². The predicted octanol–water partition coefficient (Wildman–Crippen LogP) is 1.88. The van der Waals surface area contributed by atoms with Crippen LogP contribution in [0.25, 0.3) is 0 Å². The van der Waals surface area contributed by atoms with Crippen LogP contribution in [0.3, 0.4) is 0 Å². The van der Waals surface area contributed by atoms with E-state index in [-0.39, 0.29) is 11.0 Å². The zero-order chi connectivity index (χ0) is 15.6. The van der Waals surface area contributed by atoms with Crippen molar-refractivity contribution in [3.8, 4) is 0 Å². The van der Waals surface area contributed by atoms with Gasteiger partial charge in [0.15, 0.2) is 0 Å². The van der Waals surface area contributed by atoms with E-state index in [4.69, 9.17) is 10.5 Å². The number of hydrogen-bond acceptors (Lipinski definition) is 4. The van der Waals surface area contributed by atoms with Gasteiger partial charge in [-0.25, -0.2) is 8.42 Å². The molecular formula is C15H24N2O3S. The Morgan fingerprint density at radius 2 is 2.14 bits per heavy atom. The first-order valence-electron chi connectivity index (χ1n) is 7.31. The highest BCUT2D eigenvalue weighted by molar-refractivity contribution is 7.89. The highest BCUT2D eigenvalue weighted by Crippen LogP contribution is 2.27. The highest BCUT2D eigenvalue weighted by atomic mass is 32.2. The number of nitrogen functional groups attached to an aromatic ring is 1. The van der Waals surface area contributed by atoms with Crippen LogP contribution in [-0.2, 0) is 21.2 Å². The summed E-state index contributed by atoms with van der Waals surface area (Å²) < 4.78 is 32.3. The summed E-state index contributed by atoms with van der Waals surface area (Å²) in [5.41, 5.74) is 7.43. The van der Waals surface area contributed by atoms with E-state index in [1.807, 2.05) is 6.92 Å². The third-order valence-electron chi connectivity index (χ3n) is 4.29. The minimum atomic E-state index is -3.50. The molecule has 2 unspecified atom stereocenters. The standard InChI is InChI=1S/C15H24N2O3S/c1-4-12-5-6-13(9-14(12)16)21(18,19)17-8-7-11(2)15(10-17)20-3/h5-6,9,11,15H,4,7-8,10,16H2,1-3H3. The van der Waals surface area contributed by atoms with Crippen molar-refractivity contribution in [2.24, 2.45) is 5.92 Å².